The summed E-state index contributed by atoms with van der Waals surface area (Å²) in [5.41, 5.74) is 1.42. The lowest BCUT2D eigenvalue weighted by molar-refractivity contribution is 1.43. The fraction of sp³-hybridized carbons (Fsp3) is 0.429. The van der Waals surface area contributed by atoms with Crippen molar-refractivity contribution >= 4 is 23.1 Å². The third-order valence-corrected chi connectivity index (χ3v) is 3.56. The minimum atomic E-state index is 1.42. The maximum absolute atomic E-state index is 2.24. The monoisotopic (exact) mass is 158 g/mol. The Bertz CT molecular complexity index is 181. The molecule has 0 radical (unpaired) electrons. The van der Waals surface area contributed by atoms with Crippen LogP contribution in [0.4, 0.5) is 0 Å². The predicted octanol–water partition coefficient (Wildman–Crippen LogP) is 3.09. The highest BCUT2D eigenvalue weighted by Crippen LogP contribution is 2.27. The Morgan fingerprint density at radius 2 is 2.11 bits per heavy atom. The van der Waals surface area contributed by atoms with Crippen LogP contribution in [0.2, 0.25) is 0 Å². The molecule has 0 fully saturated rings. The van der Waals surface area contributed by atoms with Crippen molar-refractivity contribution in [2.75, 3.05) is 6.26 Å². The molecule has 50 valence electrons. The summed E-state index contributed by atoms with van der Waals surface area (Å²) in [5, 5.41) is 0. The SMILES string of the molecule is CSc1cc(C)c(C)s1. The Hall–Kier alpha value is 0.0500. The highest BCUT2D eigenvalue weighted by atomic mass is 32.2. The Labute approximate surface area is 64.3 Å². The molecule has 0 aliphatic carbocycles. The van der Waals surface area contributed by atoms with Gasteiger partial charge in [0.25, 0.3) is 0 Å². The molecular formula is C7H10S2. The number of thiophene rings is 1. The van der Waals surface area contributed by atoms with Crippen LogP contribution in [0.1, 0.15) is 10.4 Å². The van der Waals surface area contributed by atoms with E-state index in [1.165, 1.54) is 14.6 Å². The Morgan fingerprint density at radius 1 is 1.44 bits per heavy atom. The summed E-state index contributed by atoms with van der Waals surface area (Å²) in [6.07, 6.45) is 2.12. The summed E-state index contributed by atoms with van der Waals surface area (Å²) in [5.74, 6) is 0. The highest BCUT2D eigenvalue weighted by molar-refractivity contribution is 8.00. The molecule has 0 aliphatic heterocycles. The summed E-state index contributed by atoms with van der Waals surface area (Å²) in [4.78, 5) is 1.44. The van der Waals surface area contributed by atoms with Crippen molar-refractivity contribution in [3.63, 3.8) is 0 Å². The van der Waals surface area contributed by atoms with E-state index in [0.29, 0.717) is 0 Å². The van der Waals surface area contributed by atoms with Gasteiger partial charge in [-0.2, -0.15) is 0 Å². The Kier molecular flexibility index (Phi) is 2.19. The first kappa shape index (κ1) is 7.16. The summed E-state index contributed by atoms with van der Waals surface area (Å²) in [7, 11) is 0. The smallest absolute Gasteiger partial charge is 0.0601 e. The van der Waals surface area contributed by atoms with Crippen molar-refractivity contribution in [3.05, 3.63) is 16.5 Å². The maximum atomic E-state index is 2.24. The standard InChI is InChI=1S/C7H10S2/c1-5-4-7(8-3)9-6(5)2/h4H,1-3H3. The minimum absolute atomic E-state index is 1.42. The first-order valence-electron chi connectivity index (χ1n) is 2.85. The Balaban J connectivity index is 2.98. The van der Waals surface area contributed by atoms with Crippen LogP contribution >= 0.6 is 23.1 Å². The second-order valence-electron chi connectivity index (χ2n) is 2.01. The Morgan fingerprint density at radius 3 is 2.33 bits per heavy atom. The molecule has 0 atom stereocenters. The molecule has 0 saturated heterocycles. The number of hydrogen-bond donors (Lipinski definition) is 0. The van der Waals surface area contributed by atoms with E-state index in [1.54, 1.807) is 0 Å². The summed E-state index contributed by atoms with van der Waals surface area (Å²) < 4.78 is 1.42. The lowest BCUT2D eigenvalue weighted by Gasteiger charge is -1.80. The zero-order chi connectivity index (χ0) is 6.85. The van der Waals surface area contributed by atoms with Gasteiger partial charge >= 0.3 is 0 Å². The third kappa shape index (κ3) is 1.49. The molecule has 0 spiro atoms. The number of rotatable bonds is 1. The van der Waals surface area contributed by atoms with Crippen molar-refractivity contribution in [3.8, 4) is 0 Å². The normalized spacial score (nSPS) is 10.1. The van der Waals surface area contributed by atoms with E-state index in [-0.39, 0.29) is 0 Å². The van der Waals surface area contributed by atoms with Crippen LogP contribution in [0.5, 0.6) is 0 Å². The van der Waals surface area contributed by atoms with Gasteiger partial charge in [-0.3, -0.25) is 0 Å². The number of thioether (sulfide) groups is 1. The van der Waals surface area contributed by atoms with Crippen LogP contribution < -0.4 is 0 Å². The van der Waals surface area contributed by atoms with E-state index in [0.717, 1.165) is 0 Å². The van der Waals surface area contributed by atoms with Gasteiger partial charge in [-0.1, -0.05) is 0 Å². The molecule has 9 heavy (non-hydrogen) atoms. The molecule has 1 aromatic rings. The molecule has 0 N–H and O–H groups in total. The quantitative estimate of drug-likeness (QED) is 0.566. The lowest BCUT2D eigenvalue weighted by atomic mass is 10.3. The van der Waals surface area contributed by atoms with Crippen LogP contribution in [0.3, 0.4) is 0 Å². The van der Waals surface area contributed by atoms with Gasteiger partial charge in [0.2, 0.25) is 0 Å². The number of hydrogen-bond acceptors (Lipinski definition) is 2. The van der Waals surface area contributed by atoms with E-state index in [4.69, 9.17) is 0 Å². The molecule has 0 nitrogen and oxygen atoms in total. The van der Waals surface area contributed by atoms with Crippen molar-refractivity contribution in [2.24, 2.45) is 0 Å². The fourth-order valence-corrected chi connectivity index (χ4v) is 2.40. The van der Waals surface area contributed by atoms with E-state index in [9.17, 15) is 0 Å². The maximum Gasteiger partial charge on any atom is 0.0601 e. The molecule has 0 aromatic carbocycles. The van der Waals surface area contributed by atoms with Gasteiger partial charge in [-0.15, -0.1) is 23.1 Å². The van der Waals surface area contributed by atoms with Crippen molar-refractivity contribution in [1.82, 2.24) is 0 Å². The van der Waals surface area contributed by atoms with Crippen LogP contribution in [-0.4, -0.2) is 6.26 Å². The first-order valence-corrected chi connectivity index (χ1v) is 4.89. The van der Waals surface area contributed by atoms with Gasteiger partial charge in [0.1, 0.15) is 0 Å². The minimum Gasteiger partial charge on any atom is -0.134 e. The molecule has 1 rings (SSSR count). The van der Waals surface area contributed by atoms with Gasteiger partial charge < -0.3 is 0 Å². The van der Waals surface area contributed by atoms with E-state index < -0.39 is 0 Å². The predicted molar refractivity (Wildman–Crippen MR) is 45.6 cm³/mol. The second-order valence-corrected chi connectivity index (χ2v) is 4.37. The zero-order valence-corrected chi connectivity index (χ0v) is 7.53. The molecule has 0 unspecified atom stereocenters. The van der Waals surface area contributed by atoms with Gasteiger partial charge in [0.05, 0.1) is 4.21 Å². The highest BCUT2D eigenvalue weighted by Gasteiger charge is 1.97. The second kappa shape index (κ2) is 2.76. The zero-order valence-electron chi connectivity index (χ0n) is 5.89. The molecule has 2 heteroatoms. The van der Waals surface area contributed by atoms with E-state index in [2.05, 4.69) is 26.2 Å². The molecule has 0 bridgehead atoms. The molecule has 0 aliphatic rings. The van der Waals surface area contributed by atoms with Crippen LogP contribution in [-0.2, 0) is 0 Å². The van der Waals surface area contributed by atoms with Gasteiger partial charge in [-0.25, -0.2) is 0 Å². The molecule has 1 aromatic heterocycles. The van der Waals surface area contributed by atoms with Gasteiger partial charge in [-0.05, 0) is 31.7 Å². The van der Waals surface area contributed by atoms with Crippen molar-refractivity contribution in [1.29, 1.82) is 0 Å². The fourth-order valence-electron chi connectivity index (χ4n) is 0.640. The average Bonchev–Trinajstić information content (AvgIpc) is 2.13. The molecular weight excluding hydrogens is 148 g/mol. The number of aryl methyl sites for hydroxylation is 2. The molecule has 1 heterocycles. The average molecular weight is 158 g/mol. The van der Waals surface area contributed by atoms with Gasteiger partial charge in [0.15, 0.2) is 0 Å². The summed E-state index contributed by atoms with van der Waals surface area (Å²) >= 11 is 3.70. The van der Waals surface area contributed by atoms with E-state index >= 15 is 0 Å². The van der Waals surface area contributed by atoms with E-state index in [1.807, 2.05) is 23.1 Å². The van der Waals surface area contributed by atoms with Crippen LogP contribution in [0.25, 0.3) is 0 Å². The van der Waals surface area contributed by atoms with Crippen LogP contribution in [0.15, 0.2) is 10.3 Å². The molecule has 0 saturated carbocycles. The summed E-state index contributed by atoms with van der Waals surface area (Å²) in [6, 6.07) is 2.24. The first-order chi connectivity index (χ1) is 4.24. The lowest BCUT2D eigenvalue weighted by Crippen LogP contribution is -1.62. The van der Waals surface area contributed by atoms with Gasteiger partial charge in [0, 0.05) is 4.88 Å². The van der Waals surface area contributed by atoms with Crippen molar-refractivity contribution < 1.29 is 0 Å². The topological polar surface area (TPSA) is 0 Å². The van der Waals surface area contributed by atoms with Crippen molar-refractivity contribution in [2.45, 2.75) is 18.1 Å². The third-order valence-electron chi connectivity index (χ3n) is 1.34. The largest absolute Gasteiger partial charge is 0.134 e. The molecule has 0 amide bonds. The van der Waals surface area contributed by atoms with Crippen LogP contribution in [0, 0.1) is 13.8 Å². The summed E-state index contributed by atoms with van der Waals surface area (Å²) in [6.45, 7) is 4.32.